The molecule has 132 valence electrons. The molecule has 0 rings (SSSR count). The highest BCUT2D eigenvalue weighted by Gasteiger charge is 2.38. The molecule has 22 heavy (non-hydrogen) atoms. The van der Waals surface area contributed by atoms with Crippen LogP contribution < -0.4 is 0 Å². The van der Waals surface area contributed by atoms with Crippen LogP contribution in [0.2, 0.25) is 0 Å². The largest absolute Gasteiger partial charge is 0.0917 e. The van der Waals surface area contributed by atoms with Gasteiger partial charge in [-0.05, 0) is 49.4 Å². The first kappa shape index (κ1) is 21.7. The average molecular weight is 309 g/mol. The quantitative estimate of drug-likeness (QED) is 0.252. The monoisotopic (exact) mass is 308 g/mol. The predicted molar refractivity (Wildman–Crippen MR) is 103 cm³/mol. The standard InChI is InChI=1S/C22H44/c1-8-11-13-14-15-18-22(7,21(4,5)6)19-20(16-10-3)17-12-9-2/h8,11,20H,9-10,12-19H2,1-7H3. The third kappa shape index (κ3) is 8.39. The Labute approximate surface area is 142 Å². The van der Waals surface area contributed by atoms with Gasteiger partial charge in [-0.25, -0.2) is 0 Å². The zero-order chi connectivity index (χ0) is 17.1. The number of allylic oxidation sites excluding steroid dienone is 2. The Morgan fingerprint density at radius 3 is 2.05 bits per heavy atom. The Morgan fingerprint density at radius 2 is 1.55 bits per heavy atom. The summed E-state index contributed by atoms with van der Waals surface area (Å²) in [6, 6.07) is 0. The number of unbranched alkanes of at least 4 members (excludes halogenated alkanes) is 3. The minimum absolute atomic E-state index is 0.409. The summed E-state index contributed by atoms with van der Waals surface area (Å²) in [5.41, 5.74) is 0.891. The van der Waals surface area contributed by atoms with Crippen molar-refractivity contribution in [2.24, 2.45) is 16.7 Å². The molecule has 0 heteroatoms. The van der Waals surface area contributed by atoms with Crippen LogP contribution in [-0.4, -0.2) is 0 Å². The fraction of sp³-hybridized carbons (Fsp3) is 0.909. The van der Waals surface area contributed by atoms with Crippen LogP contribution in [0.5, 0.6) is 0 Å². The molecular weight excluding hydrogens is 264 g/mol. The van der Waals surface area contributed by atoms with Crippen LogP contribution in [0.15, 0.2) is 12.2 Å². The minimum atomic E-state index is 0.409. The molecule has 0 spiro atoms. The molecule has 0 amide bonds. The molecule has 0 bridgehead atoms. The van der Waals surface area contributed by atoms with Crippen LogP contribution in [0.1, 0.15) is 113 Å². The van der Waals surface area contributed by atoms with Gasteiger partial charge in [0, 0.05) is 0 Å². The Bertz CT molecular complexity index is 281. The van der Waals surface area contributed by atoms with Crippen LogP contribution >= 0.6 is 0 Å². The summed E-state index contributed by atoms with van der Waals surface area (Å²) in [4.78, 5) is 0. The summed E-state index contributed by atoms with van der Waals surface area (Å²) in [6.45, 7) is 16.8. The second-order valence-corrected chi connectivity index (χ2v) is 8.63. The van der Waals surface area contributed by atoms with Gasteiger partial charge < -0.3 is 0 Å². The molecule has 0 aromatic carbocycles. The Morgan fingerprint density at radius 1 is 0.864 bits per heavy atom. The number of hydrogen-bond donors (Lipinski definition) is 0. The molecule has 2 unspecified atom stereocenters. The molecular formula is C22H44. The van der Waals surface area contributed by atoms with E-state index in [0.717, 1.165) is 5.92 Å². The third-order valence-electron chi connectivity index (χ3n) is 5.80. The molecule has 0 saturated heterocycles. The van der Waals surface area contributed by atoms with Gasteiger partial charge in [-0.3, -0.25) is 0 Å². The number of rotatable bonds is 12. The van der Waals surface area contributed by atoms with Crippen molar-refractivity contribution in [3.05, 3.63) is 12.2 Å². The molecule has 0 aromatic rings. The van der Waals surface area contributed by atoms with Gasteiger partial charge in [0.25, 0.3) is 0 Å². The van der Waals surface area contributed by atoms with Crippen molar-refractivity contribution in [3.8, 4) is 0 Å². The highest BCUT2D eigenvalue weighted by molar-refractivity contribution is 4.89. The first-order valence-electron chi connectivity index (χ1n) is 9.91. The Balaban J connectivity index is 4.70. The van der Waals surface area contributed by atoms with Gasteiger partial charge in [-0.1, -0.05) is 92.2 Å². The van der Waals surface area contributed by atoms with Crippen LogP contribution in [0, 0.1) is 16.7 Å². The van der Waals surface area contributed by atoms with Gasteiger partial charge in [0.15, 0.2) is 0 Å². The van der Waals surface area contributed by atoms with Crippen molar-refractivity contribution in [1.82, 2.24) is 0 Å². The normalized spacial score (nSPS) is 16.9. The topological polar surface area (TPSA) is 0 Å². The molecule has 0 radical (unpaired) electrons. The van der Waals surface area contributed by atoms with Crippen LogP contribution in [0.3, 0.4) is 0 Å². The van der Waals surface area contributed by atoms with E-state index < -0.39 is 0 Å². The third-order valence-corrected chi connectivity index (χ3v) is 5.80. The smallest absolute Gasteiger partial charge is 0.0275 e. The lowest BCUT2D eigenvalue weighted by atomic mass is 9.60. The maximum atomic E-state index is 2.57. The second kappa shape index (κ2) is 11.3. The molecule has 0 saturated carbocycles. The summed E-state index contributed by atoms with van der Waals surface area (Å²) in [7, 11) is 0. The maximum absolute atomic E-state index is 2.57. The molecule has 0 N–H and O–H groups in total. The lowest BCUT2D eigenvalue weighted by Crippen LogP contribution is -2.35. The molecule has 0 nitrogen and oxygen atoms in total. The van der Waals surface area contributed by atoms with E-state index in [-0.39, 0.29) is 0 Å². The van der Waals surface area contributed by atoms with E-state index in [1.165, 1.54) is 64.2 Å². The summed E-state index contributed by atoms with van der Waals surface area (Å²) < 4.78 is 0. The zero-order valence-corrected chi connectivity index (χ0v) is 16.8. The molecule has 2 atom stereocenters. The lowest BCUT2D eigenvalue weighted by molar-refractivity contribution is 0.0561. The first-order chi connectivity index (χ1) is 10.3. The van der Waals surface area contributed by atoms with E-state index in [4.69, 9.17) is 0 Å². The molecule has 0 heterocycles. The summed E-state index contributed by atoms with van der Waals surface area (Å²) in [5.74, 6) is 0.935. The lowest BCUT2D eigenvalue weighted by Gasteiger charge is -2.45. The van der Waals surface area contributed by atoms with E-state index in [1.807, 2.05) is 0 Å². The van der Waals surface area contributed by atoms with E-state index >= 15 is 0 Å². The Kier molecular flexibility index (Phi) is 11.2. The van der Waals surface area contributed by atoms with Gasteiger partial charge in [0.2, 0.25) is 0 Å². The van der Waals surface area contributed by atoms with Crippen molar-refractivity contribution in [2.75, 3.05) is 0 Å². The summed E-state index contributed by atoms with van der Waals surface area (Å²) in [6.07, 6.45) is 18.3. The van der Waals surface area contributed by atoms with Gasteiger partial charge in [-0.2, -0.15) is 0 Å². The average Bonchev–Trinajstić information content (AvgIpc) is 2.43. The van der Waals surface area contributed by atoms with Crippen molar-refractivity contribution in [3.63, 3.8) is 0 Å². The van der Waals surface area contributed by atoms with Crippen LogP contribution in [0.25, 0.3) is 0 Å². The SMILES string of the molecule is CC=CCCCCC(C)(CC(CCC)CCCC)C(C)(C)C. The van der Waals surface area contributed by atoms with Crippen LogP contribution in [-0.2, 0) is 0 Å². The first-order valence-corrected chi connectivity index (χ1v) is 9.91. The highest BCUT2D eigenvalue weighted by atomic mass is 14.4. The molecule has 0 aliphatic rings. The van der Waals surface area contributed by atoms with E-state index in [9.17, 15) is 0 Å². The maximum Gasteiger partial charge on any atom is -0.0275 e. The van der Waals surface area contributed by atoms with Gasteiger partial charge >= 0.3 is 0 Å². The Hall–Kier alpha value is -0.260. The van der Waals surface area contributed by atoms with E-state index in [0.29, 0.717) is 10.8 Å². The molecule has 0 aromatic heterocycles. The highest BCUT2D eigenvalue weighted by Crippen LogP contribution is 2.48. The van der Waals surface area contributed by atoms with Crippen molar-refractivity contribution >= 4 is 0 Å². The molecule has 0 fully saturated rings. The van der Waals surface area contributed by atoms with Crippen molar-refractivity contribution in [1.29, 1.82) is 0 Å². The number of hydrogen-bond acceptors (Lipinski definition) is 0. The molecule has 0 aliphatic carbocycles. The fourth-order valence-corrected chi connectivity index (χ4v) is 3.61. The van der Waals surface area contributed by atoms with Gasteiger partial charge in [0.1, 0.15) is 0 Å². The summed E-state index contributed by atoms with van der Waals surface area (Å²) in [5, 5.41) is 0. The second-order valence-electron chi connectivity index (χ2n) is 8.63. The van der Waals surface area contributed by atoms with Gasteiger partial charge in [-0.15, -0.1) is 0 Å². The van der Waals surface area contributed by atoms with Crippen molar-refractivity contribution < 1.29 is 0 Å². The van der Waals surface area contributed by atoms with E-state index in [2.05, 4.69) is 60.6 Å². The van der Waals surface area contributed by atoms with Gasteiger partial charge in [0.05, 0.1) is 0 Å². The molecule has 0 aliphatic heterocycles. The van der Waals surface area contributed by atoms with Crippen LogP contribution in [0.4, 0.5) is 0 Å². The minimum Gasteiger partial charge on any atom is -0.0917 e. The fourth-order valence-electron chi connectivity index (χ4n) is 3.61. The summed E-state index contributed by atoms with van der Waals surface area (Å²) >= 11 is 0. The predicted octanol–water partition coefficient (Wildman–Crippen LogP) is 8.17. The van der Waals surface area contributed by atoms with Crippen molar-refractivity contribution in [2.45, 2.75) is 113 Å². The zero-order valence-electron chi connectivity index (χ0n) is 16.8. The van der Waals surface area contributed by atoms with E-state index in [1.54, 1.807) is 0 Å².